The van der Waals surface area contributed by atoms with Gasteiger partial charge in [-0.3, -0.25) is 10.1 Å². The smallest absolute Gasteiger partial charge is 0.411 e. The van der Waals surface area contributed by atoms with E-state index in [2.05, 4.69) is 15.5 Å². The molecule has 1 heterocycles. The molecule has 0 bridgehead atoms. The normalized spacial score (nSPS) is 14.2. The van der Waals surface area contributed by atoms with E-state index in [1.807, 2.05) is 78.9 Å². The van der Waals surface area contributed by atoms with E-state index in [1.54, 1.807) is 0 Å². The number of carbonyl (C=O) groups is 2. The monoisotopic (exact) mass is 487 g/mol. The van der Waals surface area contributed by atoms with E-state index in [0.717, 1.165) is 53.9 Å². The number of benzene rings is 3. The summed E-state index contributed by atoms with van der Waals surface area (Å²) >= 11 is 0. The number of nitrogens with zero attached hydrogens (tertiary/aromatic N) is 1. The largest absolute Gasteiger partial charge is 0.446 e. The number of ether oxygens (including phenoxy) is 1. The van der Waals surface area contributed by atoms with Crippen LogP contribution in [-0.2, 0) is 22.7 Å². The SMILES string of the molecule is O=C(CCN1CCC(OC(=O)Nc2ccccc2-c2ccccc2)CC1)NCc1cccc(CO)c1. The fraction of sp³-hybridized carbons (Fsp3) is 0.310. The van der Waals surface area contributed by atoms with Crippen molar-refractivity contribution in [1.29, 1.82) is 0 Å². The fourth-order valence-corrected chi connectivity index (χ4v) is 4.39. The van der Waals surface area contributed by atoms with Gasteiger partial charge in [-0.25, -0.2) is 4.79 Å². The number of hydrogen-bond donors (Lipinski definition) is 3. The van der Waals surface area contributed by atoms with Gasteiger partial charge in [0.1, 0.15) is 6.10 Å². The van der Waals surface area contributed by atoms with Crippen LogP contribution in [-0.4, -0.2) is 47.7 Å². The van der Waals surface area contributed by atoms with Gasteiger partial charge in [-0.05, 0) is 35.6 Å². The fourth-order valence-electron chi connectivity index (χ4n) is 4.39. The van der Waals surface area contributed by atoms with Crippen molar-refractivity contribution < 1.29 is 19.4 Å². The van der Waals surface area contributed by atoms with Crippen molar-refractivity contribution in [2.45, 2.75) is 38.5 Å². The first kappa shape index (κ1) is 25.4. The van der Waals surface area contributed by atoms with Crippen LogP contribution in [0.15, 0.2) is 78.9 Å². The van der Waals surface area contributed by atoms with E-state index in [1.165, 1.54) is 0 Å². The zero-order chi connectivity index (χ0) is 25.2. The summed E-state index contributed by atoms with van der Waals surface area (Å²) in [6.45, 7) is 2.68. The van der Waals surface area contributed by atoms with Crippen LogP contribution < -0.4 is 10.6 Å². The molecular weight excluding hydrogens is 454 g/mol. The number of likely N-dealkylation sites (tertiary alicyclic amines) is 1. The Morgan fingerprint density at radius 3 is 2.42 bits per heavy atom. The summed E-state index contributed by atoms with van der Waals surface area (Å²) in [6.07, 6.45) is 1.31. The first-order valence-corrected chi connectivity index (χ1v) is 12.4. The molecule has 0 radical (unpaired) electrons. The minimum atomic E-state index is -0.443. The molecule has 36 heavy (non-hydrogen) atoms. The number of nitrogens with one attached hydrogen (secondary N) is 2. The van der Waals surface area contributed by atoms with Gasteiger partial charge < -0.3 is 20.1 Å². The summed E-state index contributed by atoms with van der Waals surface area (Å²) in [7, 11) is 0. The van der Waals surface area contributed by atoms with Gasteiger partial charge in [0.2, 0.25) is 5.91 Å². The zero-order valence-corrected chi connectivity index (χ0v) is 20.4. The van der Waals surface area contributed by atoms with Crippen molar-refractivity contribution in [3.8, 4) is 11.1 Å². The highest BCUT2D eigenvalue weighted by Crippen LogP contribution is 2.28. The minimum absolute atomic E-state index is 0.000709. The van der Waals surface area contributed by atoms with Crippen LogP contribution in [0.4, 0.5) is 10.5 Å². The molecule has 3 aromatic carbocycles. The predicted octanol–water partition coefficient (Wildman–Crippen LogP) is 4.57. The molecule has 0 aliphatic carbocycles. The van der Waals surface area contributed by atoms with Crippen molar-refractivity contribution >= 4 is 17.7 Å². The molecule has 3 N–H and O–H groups in total. The van der Waals surface area contributed by atoms with E-state index in [0.29, 0.717) is 19.5 Å². The summed E-state index contributed by atoms with van der Waals surface area (Å²) in [6, 6.07) is 25.2. The highest BCUT2D eigenvalue weighted by molar-refractivity contribution is 5.91. The van der Waals surface area contributed by atoms with Crippen molar-refractivity contribution in [3.05, 3.63) is 90.0 Å². The molecule has 7 heteroatoms. The first-order valence-electron chi connectivity index (χ1n) is 12.4. The molecule has 2 amide bonds. The van der Waals surface area contributed by atoms with Crippen LogP contribution in [0, 0.1) is 0 Å². The third-order valence-electron chi connectivity index (χ3n) is 6.38. The number of para-hydroxylation sites is 1. The number of aliphatic hydroxyl groups excluding tert-OH is 1. The maximum absolute atomic E-state index is 12.6. The summed E-state index contributed by atoms with van der Waals surface area (Å²) in [5.74, 6) is -0.000709. The number of anilines is 1. The lowest BCUT2D eigenvalue weighted by atomic mass is 10.0. The van der Waals surface area contributed by atoms with Gasteiger partial charge >= 0.3 is 6.09 Å². The molecule has 0 spiro atoms. The average molecular weight is 488 g/mol. The minimum Gasteiger partial charge on any atom is -0.446 e. The van der Waals surface area contributed by atoms with Crippen LogP contribution in [0.2, 0.25) is 0 Å². The summed E-state index contributed by atoms with van der Waals surface area (Å²) in [5, 5.41) is 15.1. The molecule has 1 saturated heterocycles. The van der Waals surface area contributed by atoms with Crippen LogP contribution in [0.1, 0.15) is 30.4 Å². The molecule has 1 fully saturated rings. The molecule has 0 aromatic heterocycles. The van der Waals surface area contributed by atoms with Crippen LogP contribution in [0.25, 0.3) is 11.1 Å². The maximum atomic E-state index is 12.6. The molecule has 0 saturated carbocycles. The van der Waals surface area contributed by atoms with E-state index < -0.39 is 6.09 Å². The average Bonchev–Trinajstić information content (AvgIpc) is 2.92. The molecule has 1 aliphatic rings. The maximum Gasteiger partial charge on any atom is 0.411 e. The highest BCUT2D eigenvalue weighted by Gasteiger charge is 2.23. The third-order valence-corrected chi connectivity index (χ3v) is 6.38. The third kappa shape index (κ3) is 7.41. The molecule has 4 rings (SSSR count). The second-order valence-corrected chi connectivity index (χ2v) is 8.99. The van der Waals surface area contributed by atoms with Gasteiger partial charge in [0.25, 0.3) is 0 Å². The standard InChI is InChI=1S/C29H33N3O4/c33-21-23-8-6-7-22(19-23)20-30-28(34)15-18-32-16-13-25(14-17-32)36-29(35)31-27-12-5-4-11-26(27)24-9-2-1-3-10-24/h1-12,19,25,33H,13-18,20-21H2,(H,30,34)(H,31,35). The van der Waals surface area contributed by atoms with Crippen molar-refractivity contribution in [1.82, 2.24) is 10.2 Å². The van der Waals surface area contributed by atoms with Crippen LogP contribution in [0.3, 0.4) is 0 Å². The quantitative estimate of drug-likeness (QED) is 0.412. The van der Waals surface area contributed by atoms with Crippen molar-refractivity contribution in [2.75, 3.05) is 25.0 Å². The Bertz CT molecular complexity index is 1140. The Labute approximate surface area is 212 Å². The summed E-state index contributed by atoms with van der Waals surface area (Å²) < 4.78 is 5.69. The van der Waals surface area contributed by atoms with E-state index in [-0.39, 0.29) is 18.6 Å². The van der Waals surface area contributed by atoms with E-state index >= 15 is 0 Å². The molecule has 0 atom stereocenters. The number of piperidine rings is 1. The topological polar surface area (TPSA) is 90.9 Å². The summed E-state index contributed by atoms with van der Waals surface area (Å²) in [5.41, 5.74) is 4.51. The van der Waals surface area contributed by atoms with Gasteiger partial charge in [0, 0.05) is 38.2 Å². The number of amides is 2. The number of carbonyl (C=O) groups excluding carboxylic acids is 2. The highest BCUT2D eigenvalue weighted by atomic mass is 16.6. The van der Waals surface area contributed by atoms with Gasteiger partial charge in [0.05, 0.1) is 12.3 Å². The molecule has 1 aliphatic heterocycles. The zero-order valence-electron chi connectivity index (χ0n) is 20.4. The molecule has 0 unspecified atom stereocenters. The molecule has 3 aromatic rings. The summed E-state index contributed by atoms with van der Waals surface area (Å²) in [4.78, 5) is 27.1. The van der Waals surface area contributed by atoms with Gasteiger partial charge in [-0.2, -0.15) is 0 Å². The van der Waals surface area contributed by atoms with E-state index in [4.69, 9.17) is 4.74 Å². The molecular formula is C29H33N3O4. The number of rotatable bonds is 9. The van der Waals surface area contributed by atoms with Gasteiger partial charge in [-0.1, -0.05) is 72.8 Å². The lowest BCUT2D eigenvalue weighted by Crippen LogP contribution is -2.40. The number of aliphatic hydroxyl groups is 1. The van der Waals surface area contributed by atoms with Crippen LogP contribution >= 0.6 is 0 Å². The Morgan fingerprint density at radius 2 is 1.64 bits per heavy atom. The Morgan fingerprint density at radius 1 is 0.917 bits per heavy atom. The van der Waals surface area contributed by atoms with Crippen LogP contribution in [0.5, 0.6) is 0 Å². The second-order valence-electron chi connectivity index (χ2n) is 8.99. The predicted molar refractivity (Wildman–Crippen MR) is 140 cm³/mol. The Balaban J connectivity index is 1.17. The Hall–Kier alpha value is -3.68. The van der Waals surface area contributed by atoms with E-state index in [9.17, 15) is 14.7 Å². The molecule has 188 valence electrons. The van der Waals surface area contributed by atoms with Crippen molar-refractivity contribution in [3.63, 3.8) is 0 Å². The van der Waals surface area contributed by atoms with Gasteiger partial charge in [-0.15, -0.1) is 0 Å². The number of hydrogen-bond acceptors (Lipinski definition) is 5. The van der Waals surface area contributed by atoms with Gasteiger partial charge in [0.15, 0.2) is 0 Å². The second kappa shape index (κ2) is 12.9. The van der Waals surface area contributed by atoms with Crippen molar-refractivity contribution in [2.24, 2.45) is 0 Å². The lowest BCUT2D eigenvalue weighted by Gasteiger charge is -2.31. The molecule has 7 nitrogen and oxygen atoms in total. The first-order chi connectivity index (χ1) is 17.6. The lowest BCUT2D eigenvalue weighted by molar-refractivity contribution is -0.121. The Kier molecular flexibility index (Phi) is 9.08.